The van der Waals surface area contributed by atoms with Crippen molar-refractivity contribution < 1.29 is 4.42 Å². The average molecular weight is 665 g/mol. The number of fused-ring (bicyclic) bond motifs is 6. The number of para-hydroxylation sites is 1. The molecule has 8 aromatic carbocycles. The average Bonchev–Trinajstić information content (AvgIpc) is 3.61. The van der Waals surface area contributed by atoms with Crippen molar-refractivity contribution in [3.63, 3.8) is 0 Å². The van der Waals surface area contributed by atoms with Gasteiger partial charge in [0, 0.05) is 34.2 Å². The Morgan fingerprint density at radius 1 is 0.385 bits per heavy atom. The van der Waals surface area contributed by atoms with Crippen LogP contribution in [0.4, 0.5) is 17.1 Å². The van der Waals surface area contributed by atoms with E-state index in [0.29, 0.717) is 0 Å². The molecular weight excluding hydrogens is 633 g/mol. The zero-order valence-electron chi connectivity index (χ0n) is 28.3. The second-order valence-electron chi connectivity index (χ2n) is 13.2. The Labute approximate surface area is 301 Å². The predicted molar refractivity (Wildman–Crippen MR) is 218 cm³/mol. The monoisotopic (exact) mass is 664 g/mol. The minimum absolute atomic E-state index is 0.842. The highest BCUT2D eigenvalue weighted by atomic mass is 16.3. The van der Waals surface area contributed by atoms with E-state index in [1.165, 1.54) is 43.8 Å². The van der Waals surface area contributed by atoms with Gasteiger partial charge in [0.2, 0.25) is 0 Å². The SMILES string of the molecule is c1ccc(-c2ccc(N(c3ccc(-c4cc5ccccc5c5ccccc45)cc3)c3ccc(-c4nccc5oc6ccccc6c45)cc3)cc2)cc1. The lowest BCUT2D eigenvalue weighted by Crippen LogP contribution is -2.09. The molecule has 0 aliphatic heterocycles. The molecule has 0 saturated heterocycles. The Kier molecular flexibility index (Phi) is 7.14. The highest BCUT2D eigenvalue weighted by Gasteiger charge is 2.17. The predicted octanol–water partition coefficient (Wildman–Crippen LogP) is 13.8. The molecule has 3 heteroatoms. The third kappa shape index (κ3) is 5.10. The molecular formula is C49H32N2O. The number of pyridine rings is 1. The van der Waals surface area contributed by atoms with E-state index in [4.69, 9.17) is 9.40 Å². The summed E-state index contributed by atoms with van der Waals surface area (Å²) < 4.78 is 6.17. The zero-order valence-corrected chi connectivity index (χ0v) is 28.3. The molecule has 0 N–H and O–H groups in total. The van der Waals surface area contributed by atoms with Crippen molar-refractivity contribution in [2.24, 2.45) is 0 Å². The molecule has 0 aliphatic rings. The Bertz CT molecular complexity index is 2870. The summed E-state index contributed by atoms with van der Waals surface area (Å²) in [5.41, 5.74) is 11.7. The van der Waals surface area contributed by atoms with Crippen LogP contribution in [0.3, 0.4) is 0 Å². The molecule has 0 amide bonds. The maximum atomic E-state index is 6.17. The Hall–Kier alpha value is -6.97. The van der Waals surface area contributed by atoms with Gasteiger partial charge < -0.3 is 9.32 Å². The largest absolute Gasteiger partial charge is 0.456 e. The van der Waals surface area contributed by atoms with Gasteiger partial charge in [-0.1, -0.05) is 133 Å². The van der Waals surface area contributed by atoms with Gasteiger partial charge in [0.15, 0.2) is 0 Å². The lowest BCUT2D eigenvalue weighted by Gasteiger charge is -2.26. The van der Waals surface area contributed by atoms with E-state index < -0.39 is 0 Å². The van der Waals surface area contributed by atoms with Crippen LogP contribution in [-0.2, 0) is 0 Å². The van der Waals surface area contributed by atoms with Crippen LogP contribution in [0.5, 0.6) is 0 Å². The molecule has 244 valence electrons. The molecule has 10 aromatic rings. The van der Waals surface area contributed by atoms with Gasteiger partial charge in [0.05, 0.1) is 11.1 Å². The Morgan fingerprint density at radius 3 is 1.63 bits per heavy atom. The number of benzene rings is 8. The van der Waals surface area contributed by atoms with E-state index in [9.17, 15) is 0 Å². The number of furan rings is 1. The number of rotatable bonds is 6. The van der Waals surface area contributed by atoms with Crippen molar-refractivity contribution in [2.45, 2.75) is 0 Å². The van der Waals surface area contributed by atoms with Crippen molar-refractivity contribution in [2.75, 3.05) is 4.90 Å². The lowest BCUT2D eigenvalue weighted by molar-refractivity contribution is 0.668. The van der Waals surface area contributed by atoms with Gasteiger partial charge in [-0.3, -0.25) is 4.98 Å². The standard InChI is InChI=1S/C49H32N2O/c1-2-10-33(11-3-1)34-18-24-38(25-19-34)51(40-28-22-36(23-29-40)49-48-44-16-8-9-17-46(44)52-47(48)30-31-50-49)39-26-20-35(21-27-39)45-32-37-12-4-5-13-41(37)42-14-6-7-15-43(42)45/h1-32H. The Morgan fingerprint density at radius 2 is 0.923 bits per heavy atom. The zero-order chi connectivity index (χ0) is 34.4. The number of nitrogens with zero attached hydrogens (tertiary/aromatic N) is 2. The van der Waals surface area contributed by atoms with Crippen LogP contribution in [0.15, 0.2) is 199 Å². The summed E-state index contributed by atoms with van der Waals surface area (Å²) >= 11 is 0. The second kappa shape index (κ2) is 12.4. The van der Waals surface area contributed by atoms with Crippen LogP contribution >= 0.6 is 0 Å². The van der Waals surface area contributed by atoms with Gasteiger partial charge in [0.25, 0.3) is 0 Å². The van der Waals surface area contributed by atoms with Crippen LogP contribution in [-0.4, -0.2) is 4.98 Å². The smallest absolute Gasteiger partial charge is 0.139 e. The maximum absolute atomic E-state index is 6.17. The summed E-state index contributed by atoms with van der Waals surface area (Å²) in [5.74, 6) is 0. The molecule has 0 atom stereocenters. The topological polar surface area (TPSA) is 29.3 Å². The fourth-order valence-electron chi connectivity index (χ4n) is 7.62. The molecule has 0 radical (unpaired) electrons. The molecule has 0 bridgehead atoms. The van der Waals surface area contributed by atoms with Crippen LogP contribution in [0.1, 0.15) is 0 Å². The molecule has 52 heavy (non-hydrogen) atoms. The van der Waals surface area contributed by atoms with Crippen molar-refractivity contribution in [1.29, 1.82) is 0 Å². The van der Waals surface area contributed by atoms with Crippen molar-refractivity contribution >= 4 is 60.5 Å². The molecule has 0 aliphatic carbocycles. The summed E-state index contributed by atoms with van der Waals surface area (Å²) in [6, 6.07) is 66.8. The summed E-state index contributed by atoms with van der Waals surface area (Å²) in [6.45, 7) is 0. The van der Waals surface area contributed by atoms with Crippen molar-refractivity contribution in [3.05, 3.63) is 194 Å². The van der Waals surface area contributed by atoms with Crippen LogP contribution in [0.2, 0.25) is 0 Å². The molecule has 0 unspecified atom stereocenters. The first-order chi connectivity index (χ1) is 25.8. The quantitative estimate of drug-likeness (QED) is 0.166. The van der Waals surface area contributed by atoms with E-state index in [1.54, 1.807) is 0 Å². The maximum Gasteiger partial charge on any atom is 0.139 e. The van der Waals surface area contributed by atoms with Crippen LogP contribution in [0.25, 0.3) is 77.0 Å². The molecule has 10 rings (SSSR count). The highest BCUT2D eigenvalue weighted by Crippen LogP contribution is 2.41. The van der Waals surface area contributed by atoms with Gasteiger partial charge in [-0.2, -0.15) is 0 Å². The second-order valence-corrected chi connectivity index (χ2v) is 13.2. The molecule has 0 saturated carbocycles. The number of hydrogen-bond acceptors (Lipinski definition) is 3. The highest BCUT2D eigenvalue weighted by molar-refractivity contribution is 6.14. The molecule has 2 heterocycles. The normalized spacial score (nSPS) is 11.5. The first-order valence-corrected chi connectivity index (χ1v) is 17.6. The van der Waals surface area contributed by atoms with Crippen molar-refractivity contribution in [1.82, 2.24) is 4.98 Å². The first-order valence-electron chi connectivity index (χ1n) is 17.6. The number of aromatic nitrogens is 1. The minimum Gasteiger partial charge on any atom is -0.456 e. The van der Waals surface area contributed by atoms with Crippen LogP contribution < -0.4 is 4.90 Å². The summed E-state index contributed by atoms with van der Waals surface area (Å²) in [6.07, 6.45) is 1.83. The van der Waals surface area contributed by atoms with Crippen molar-refractivity contribution in [3.8, 4) is 33.5 Å². The number of hydrogen-bond donors (Lipinski definition) is 0. The third-order valence-corrected chi connectivity index (χ3v) is 10.1. The third-order valence-electron chi connectivity index (χ3n) is 10.1. The summed E-state index contributed by atoms with van der Waals surface area (Å²) in [7, 11) is 0. The first kappa shape index (κ1) is 29.9. The van der Waals surface area contributed by atoms with Gasteiger partial charge in [0.1, 0.15) is 11.2 Å². The van der Waals surface area contributed by atoms with E-state index in [0.717, 1.165) is 50.3 Å². The minimum atomic E-state index is 0.842. The van der Waals surface area contributed by atoms with E-state index in [1.807, 2.05) is 30.5 Å². The van der Waals surface area contributed by atoms with E-state index >= 15 is 0 Å². The summed E-state index contributed by atoms with van der Waals surface area (Å²) in [5, 5.41) is 7.16. The Balaban J connectivity index is 1.07. The molecule has 0 spiro atoms. The van der Waals surface area contributed by atoms with Gasteiger partial charge in [-0.05, 0) is 98.4 Å². The summed E-state index contributed by atoms with van der Waals surface area (Å²) in [4.78, 5) is 7.16. The lowest BCUT2D eigenvalue weighted by atomic mass is 9.93. The molecule has 2 aromatic heterocycles. The molecule has 3 nitrogen and oxygen atoms in total. The fraction of sp³-hybridized carbons (Fsp3) is 0. The van der Waals surface area contributed by atoms with Crippen LogP contribution in [0, 0.1) is 0 Å². The van der Waals surface area contributed by atoms with E-state index in [2.05, 4.69) is 169 Å². The van der Waals surface area contributed by atoms with Gasteiger partial charge in [-0.15, -0.1) is 0 Å². The van der Waals surface area contributed by atoms with E-state index in [-0.39, 0.29) is 0 Å². The fourth-order valence-corrected chi connectivity index (χ4v) is 7.62. The van der Waals surface area contributed by atoms with Gasteiger partial charge in [-0.25, -0.2) is 0 Å². The molecule has 0 fully saturated rings. The van der Waals surface area contributed by atoms with Gasteiger partial charge >= 0.3 is 0 Å². The number of anilines is 3.